The Morgan fingerprint density at radius 3 is 3.15 bits per heavy atom. The van der Waals surface area contributed by atoms with Gasteiger partial charge < -0.3 is 10.6 Å². The van der Waals surface area contributed by atoms with Crippen molar-refractivity contribution in [1.82, 2.24) is 10.3 Å². The van der Waals surface area contributed by atoms with E-state index in [0.29, 0.717) is 6.04 Å². The first-order valence-corrected chi connectivity index (χ1v) is 5.22. The number of nitrogens with zero attached hydrogens (tertiary/aromatic N) is 1. The van der Waals surface area contributed by atoms with Gasteiger partial charge in [-0.1, -0.05) is 0 Å². The van der Waals surface area contributed by atoms with Crippen molar-refractivity contribution in [3.05, 3.63) is 22.9 Å². The largest absolute Gasteiger partial charge is 0.380 e. The Morgan fingerprint density at radius 1 is 1.54 bits per heavy atom. The molecule has 1 aliphatic rings. The number of aromatic nitrogens is 1. The van der Waals surface area contributed by atoms with Gasteiger partial charge in [-0.3, -0.25) is 4.98 Å². The molecule has 4 heteroatoms. The van der Waals surface area contributed by atoms with E-state index in [1.54, 1.807) is 6.20 Å². The monoisotopic (exact) mass is 241 g/mol. The quantitative estimate of drug-likeness (QED) is 0.827. The summed E-state index contributed by atoms with van der Waals surface area (Å²) in [5.74, 6) is 0. The topological polar surface area (TPSA) is 37.0 Å². The van der Waals surface area contributed by atoms with Gasteiger partial charge in [0, 0.05) is 23.3 Å². The number of hydrogen-bond donors (Lipinski definition) is 2. The molecule has 1 fully saturated rings. The van der Waals surface area contributed by atoms with E-state index in [1.165, 1.54) is 6.42 Å². The zero-order valence-corrected chi connectivity index (χ0v) is 8.84. The van der Waals surface area contributed by atoms with E-state index < -0.39 is 0 Å². The molecule has 1 saturated heterocycles. The third-order valence-corrected chi connectivity index (χ3v) is 2.57. The molecule has 70 valence electrons. The fraction of sp³-hybridized carbons (Fsp3) is 0.444. The van der Waals surface area contributed by atoms with E-state index in [9.17, 15) is 0 Å². The molecule has 1 aliphatic heterocycles. The normalized spacial score (nSPS) is 21.8. The van der Waals surface area contributed by atoms with Crippen LogP contribution < -0.4 is 10.6 Å². The molecule has 0 amide bonds. The van der Waals surface area contributed by atoms with Crippen molar-refractivity contribution in [3.63, 3.8) is 0 Å². The van der Waals surface area contributed by atoms with Crippen molar-refractivity contribution in [2.24, 2.45) is 0 Å². The third kappa shape index (κ3) is 2.42. The van der Waals surface area contributed by atoms with Crippen LogP contribution in [0.5, 0.6) is 0 Å². The molecule has 13 heavy (non-hydrogen) atoms. The highest BCUT2D eigenvalue weighted by Crippen LogP contribution is 2.15. The molecule has 0 bridgehead atoms. The highest BCUT2D eigenvalue weighted by atomic mass is 79.9. The van der Waals surface area contributed by atoms with Crippen LogP contribution in [0.25, 0.3) is 0 Å². The summed E-state index contributed by atoms with van der Waals surface area (Å²) in [6.45, 7) is 2.16. The van der Waals surface area contributed by atoms with E-state index in [2.05, 4.69) is 31.5 Å². The average molecular weight is 242 g/mol. The van der Waals surface area contributed by atoms with Gasteiger partial charge in [-0.15, -0.1) is 0 Å². The van der Waals surface area contributed by atoms with Crippen LogP contribution in [-0.2, 0) is 0 Å². The lowest BCUT2D eigenvalue weighted by Gasteiger charge is -2.12. The van der Waals surface area contributed by atoms with Gasteiger partial charge >= 0.3 is 0 Å². The predicted octanol–water partition coefficient (Wildman–Crippen LogP) is 1.62. The van der Waals surface area contributed by atoms with Crippen LogP contribution in [0, 0.1) is 0 Å². The van der Waals surface area contributed by atoms with Gasteiger partial charge in [0.05, 0.1) is 11.9 Å². The van der Waals surface area contributed by atoms with Crippen molar-refractivity contribution in [2.75, 3.05) is 18.4 Å². The maximum atomic E-state index is 4.10. The average Bonchev–Trinajstić information content (AvgIpc) is 2.57. The first kappa shape index (κ1) is 8.97. The lowest BCUT2D eigenvalue weighted by molar-refractivity contribution is 0.792. The Balaban J connectivity index is 2.00. The summed E-state index contributed by atoms with van der Waals surface area (Å²) in [4.78, 5) is 4.10. The Bertz CT molecular complexity index is 284. The lowest BCUT2D eigenvalue weighted by Crippen LogP contribution is -2.22. The van der Waals surface area contributed by atoms with Crippen LogP contribution >= 0.6 is 15.9 Å². The van der Waals surface area contributed by atoms with Gasteiger partial charge in [0.1, 0.15) is 0 Å². The maximum absolute atomic E-state index is 4.10. The number of halogens is 1. The molecule has 3 nitrogen and oxygen atoms in total. The molecular weight excluding hydrogens is 230 g/mol. The minimum Gasteiger partial charge on any atom is -0.380 e. The summed E-state index contributed by atoms with van der Waals surface area (Å²) in [5.41, 5.74) is 1.09. The third-order valence-electron chi connectivity index (χ3n) is 2.14. The molecule has 1 atom stereocenters. The van der Waals surface area contributed by atoms with E-state index in [-0.39, 0.29) is 0 Å². The zero-order valence-electron chi connectivity index (χ0n) is 7.26. The molecule has 1 aromatic heterocycles. The predicted molar refractivity (Wildman–Crippen MR) is 56.8 cm³/mol. The first-order chi connectivity index (χ1) is 6.34. The van der Waals surface area contributed by atoms with Crippen LogP contribution in [0.4, 0.5) is 5.69 Å². The van der Waals surface area contributed by atoms with Gasteiger partial charge in [0.15, 0.2) is 0 Å². The summed E-state index contributed by atoms with van der Waals surface area (Å²) in [5, 5.41) is 6.74. The van der Waals surface area contributed by atoms with Gasteiger partial charge in [-0.05, 0) is 35.0 Å². The molecule has 0 saturated carbocycles. The summed E-state index contributed by atoms with van der Waals surface area (Å²) in [6.07, 6.45) is 4.83. The molecule has 2 rings (SSSR count). The molecule has 2 N–H and O–H groups in total. The smallest absolute Gasteiger partial charge is 0.0540 e. The summed E-state index contributed by atoms with van der Waals surface area (Å²) >= 11 is 3.39. The van der Waals surface area contributed by atoms with Crippen molar-refractivity contribution in [2.45, 2.75) is 12.5 Å². The summed E-state index contributed by atoms with van der Waals surface area (Å²) < 4.78 is 1.02. The van der Waals surface area contributed by atoms with E-state index in [4.69, 9.17) is 0 Å². The van der Waals surface area contributed by atoms with E-state index in [1.807, 2.05) is 12.3 Å². The molecule has 2 heterocycles. The Kier molecular flexibility index (Phi) is 2.80. The summed E-state index contributed by atoms with van der Waals surface area (Å²) in [6, 6.07) is 2.60. The number of hydrogen-bond acceptors (Lipinski definition) is 3. The SMILES string of the molecule is Brc1cncc(NC2CCNC2)c1. The molecule has 0 aromatic carbocycles. The maximum Gasteiger partial charge on any atom is 0.0540 e. The molecule has 0 radical (unpaired) electrons. The molecular formula is C9H12BrN3. The van der Waals surface area contributed by atoms with Crippen molar-refractivity contribution in [3.8, 4) is 0 Å². The van der Waals surface area contributed by atoms with Gasteiger partial charge in [-0.2, -0.15) is 0 Å². The fourth-order valence-corrected chi connectivity index (χ4v) is 1.87. The molecule has 0 spiro atoms. The van der Waals surface area contributed by atoms with Crippen molar-refractivity contribution >= 4 is 21.6 Å². The number of pyridine rings is 1. The Hall–Kier alpha value is -0.610. The highest BCUT2D eigenvalue weighted by Gasteiger charge is 2.13. The number of nitrogens with one attached hydrogen (secondary N) is 2. The zero-order chi connectivity index (χ0) is 9.10. The number of rotatable bonds is 2. The van der Waals surface area contributed by atoms with Gasteiger partial charge in [0.25, 0.3) is 0 Å². The van der Waals surface area contributed by atoms with Crippen LogP contribution in [0.3, 0.4) is 0 Å². The van der Waals surface area contributed by atoms with Crippen molar-refractivity contribution in [1.29, 1.82) is 0 Å². The van der Waals surface area contributed by atoms with E-state index in [0.717, 1.165) is 23.2 Å². The van der Waals surface area contributed by atoms with Crippen LogP contribution in [0.2, 0.25) is 0 Å². The van der Waals surface area contributed by atoms with Crippen LogP contribution in [0.1, 0.15) is 6.42 Å². The van der Waals surface area contributed by atoms with E-state index >= 15 is 0 Å². The second-order valence-corrected chi connectivity index (χ2v) is 4.14. The second-order valence-electron chi connectivity index (χ2n) is 3.23. The summed E-state index contributed by atoms with van der Waals surface area (Å²) in [7, 11) is 0. The minimum absolute atomic E-state index is 0.552. The van der Waals surface area contributed by atoms with Gasteiger partial charge in [0.2, 0.25) is 0 Å². The molecule has 1 unspecified atom stereocenters. The number of anilines is 1. The lowest BCUT2D eigenvalue weighted by atomic mass is 10.2. The Labute approximate surface area is 86.1 Å². The molecule has 1 aromatic rings. The standard InChI is InChI=1S/C9H12BrN3/c10-7-3-9(6-12-4-7)13-8-1-2-11-5-8/h3-4,6,8,11,13H,1-2,5H2. The van der Waals surface area contributed by atoms with Crippen LogP contribution in [-0.4, -0.2) is 24.1 Å². The molecule has 0 aliphatic carbocycles. The van der Waals surface area contributed by atoms with Crippen molar-refractivity contribution < 1.29 is 0 Å². The second kappa shape index (κ2) is 4.07. The van der Waals surface area contributed by atoms with Crippen LogP contribution in [0.15, 0.2) is 22.9 Å². The fourth-order valence-electron chi connectivity index (χ4n) is 1.50. The Morgan fingerprint density at radius 2 is 2.46 bits per heavy atom. The first-order valence-electron chi connectivity index (χ1n) is 4.42. The minimum atomic E-state index is 0.552. The highest BCUT2D eigenvalue weighted by molar-refractivity contribution is 9.10. The van der Waals surface area contributed by atoms with Gasteiger partial charge in [-0.25, -0.2) is 0 Å².